The average Bonchev–Trinajstić information content (AvgIpc) is 2.59. The largest absolute Gasteiger partial charge is 0.493 e. The molecule has 0 aliphatic carbocycles. The molecule has 1 atom stereocenters. The second-order valence-corrected chi connectivity index (χ2v) is 6.37. The standard InChI is InChI=1S/C18H18BrNO3/c19-15-6-7-17-16(10-15)14(8-9-22-17)11-20-18(21)23-12-13-4-2-1-3-5-13/h1-7,10,14H,8-9,11-12H2,(H,20,21). The summed E-state index contributed by atoms with van der Waals surface area (Å²) < 4.78 is 11.9. The van der Waals surface area contributed by atoms with E-state index in [9.17, 15) is 4.79 Å². The minimum Gasteiger partial charge on any atom is -0.493 e. The molecule has 0 spiro atoms. The van der Waals surface area contributed by atoms with Crippen molar-refractivity contribution < 1.29 is 14.3 Å². The van der Waals surface area contributed by atoms with Gasteiger partial charge < -0.3 is 14.8 Å². The molecule has 0 saturated heterocycles. The van der Waals surface area contributed by atoms with Crippen molar-refractivity contribution >= 4 is 22.0 Å². The van der Waals surface area contributed by atoms with Crippen molar-refractivity contribution in [2.75, 3.05) is 13.2 Å². The van der Waals surface area contributed by atoms with E-state index in [0.29, 0.717) is 13.2 Å². The highest BCUT2D eigenvalue weighted by molar-refractivity contribution is 9.10. The maximum Gasteiger partial charge on any atom is 0.407 e. The van der Waals surface area contributed by atoms with Crippen LogP contribution in [-0.2, 0) is 11.3 Å². The van der Waals surface area contributed by atoms with Gasteiger partial charge >= 0.3 is 6.09 Å². The van der Waals surface area contributed by atoms with Crippen LogP contribution in [0.4, 0.5) is 4.79 Å². The lowest BCUT2D eigenvalue weighted by molar-refractivity contribution is 0.138. The van der Waals surface area contributed by atoms with Crippen LogP contribution in [0.1, 0.15) is 23.5 Å². The highest BCUT2D eigenvalue weighted by atomic mass is 79.9. The number of carbonyl (C=O) groups excluding carboxylic acids is 1. The fourth-order valence-electron chi connectivity index (χ4n) is 2.63. The normalized spacial score (nSPS) is 16.1. The fourth-order valence-corrected chi connectivity index (χ4v) is 3.01. The summed E-state index contributed by atoms with van der Waals surface area (Å²) in [5, 5.41) is 2.85. The predicted octanol–water partition coefficient (Wildman–Crippen LogP) is 4.24. The number of fused-ring (bicyclic) bond motifs is 1. The van der Waals surface area contributed by atoms with Gasteiger partial charge in [-0.25, -0.2) is 4.79 Å². The molecule has 5 heteroatoms. The zero-order valence-electron chi connectivity index (χ0n) is 12.6. The van der Waals surface area contributed by atoms with E-state index < -0.39 is 6.09 Å². The van der Waals surface area contributed by atoms with E-state index in [2.05, 4.69) is 27.3 Å². The first-order valence-corrected chi connectivity index (χ1v) is 8.38. The van der Waals surface area contributed by atoms with Crippen LogP contribution < -0.4 is 10.1 Å². The first-order chi connectivity index (χ1) is 11.2. The smallest absolute Gasteiger partial charge is 0.407 e. The van der Waals surface area contributed by atoms with E-state index in [-0.39, 0.29) is 12.5 Å². The van der Waals surface area contributed by atoms with Crippen molar-refractivity contribution in [3.63, 3.8) is 0 Å². The molecule has 1 N–H and O–H groups in total. The number of halogens is 1. The molecule has 23 heavy (non-hydrogen) atoms. The molecule has 1 unspecified atom stereocenters. The zero-order chi connectivity index (χ0) is 16.1. The molecule has 0 aromatic heterocycles. The molecule has 0 bridgehead atoms. The Bertz CT molecular complexity index is 675. The summed E-state index contributed by atoms with van der Waals surface area (Å²) in [6, 6.07) is 15.6. The van der Waals surface area contributed by atoms with Crippen LogP contribution in [0.5, 0.6) is 5.75 Å². The molecule has 1 heterocycles. The van der Waals surface area contributed by atoms with Gasteiger partial charge in [-0.1, -0.05) is 46.3 Å². The van der Waals surface area contributed by atoms with Crippen molar-refractivity contribution in [3.8, 4) is 5.75 Å². The maximum atomic E-state index is 11.9. The van der Waals surface area contributed by atoms with Crippen molar-refractivity contribution in [2.24, 2.45) is 0 Å². The van der Waals surface area contributed by atoms with E-state index in [1.165, 1.54) is 0 Å². The highest BCUT2D eigenvalue weighted by Gasteiger charge is 2.22. The first kappa shape index (κ1) is 15.9. The molecule has 0 saturated carbocycles. The van der Waals surface area contributed by atoms with Gasteiger partial charge in [-0.05, 0) is 30.2 Å². The molecule has 0 fully saturated rings. The number of ether oxygens (including phenoxy) is 2. The Morgan fingerprint density at radius 1 is 1.26 bits per heavy atom. The molecule has 1 amide bonds. The third-order valence-electron chi connectivity index (χ3n) is 3.84. The van der Waals surface area contributed by atoms with Crippen molar-refractivity contribution in [1.82, 2.24) is 5.32 Å². The third kappa shape index (κ3) is 4.26. The van der Waals surface area contributed by atoms with Gasteiger partial charge in [0.25, 0.3) is 0 Å². The Labute approximate surface area is 143 Å². The lowest BCUT2D eigenvalue weighted by Gasteiger charge is -2.26. The van der Waals surface area contributed by atoms with Crippen molar-refractivity contribution in [2.45, 2.75) is 18.9 Å². The molecular formula is C18H18BrNO3. The van der Waals surface area contributed by atoms with Gasteiger partial charge in [-0.2, -0.15) is 0 Å². The van der Waals surface area contributed by atoms with Gasteiger partial charge in [0.15, 0.2) is 0 Å². The summed E-state index contributed by atoms with van der Waals surface area (Å²) in [7, 11) is 0. The quantitative estimate of drug-likeness (QED) is 0.868. The summed E-state index contributed by atoms with van der Waals surface area (Å²) in [5.41, 5.74) is 2.09. The maximum absolute atomic E-state index is 11.9. The van der Waals surface area contributed by atoms with E-state index in [1.807, 2.05) is 42.5 Å². The molecule has 2 aromatic carbocycles. The summed E-state index contributed by atoms with van der Waals surface area (Å²) in [6.45, 7) is 1.49. The van der Waals surface area contributed by atoms with Crippen LogP contribution in [0.2, 0.25) is 0 Å². The summed E-state index contributed by atoms with van der Waals surface area (Å²) >= 11 is 3.48. The Morgan fingerprint density at radius 3 is 2.91 bits per heavy atom. The lowest BCUT2D eigenvalue weighted by Crippen LogP contribution is -2.31. The average molecular weight is 376 g/mol. The molecule has 0 radical (unpaired) electrons. The van der Waals surface area contributed by atoms with Crippen LogP contribution in [0, 0.1) is 0 Å². The fraction of sp³-hybridized carbons (Fsp3) is 0.278. The van der Waals surface area contributed by atoms with Crippen LogP contribution in [0.15, 0.2) is 53.0 Å². The second kappa shape index (κ2) is 7.51. The molecule has 1 aliphatic rings. The van der Waals surface area contributed by atoms with Gasteiger partial charge in [0, 0.05) is 22.5 Å². The highest BCUT2D eigenvalue weighted by Crippen LogP contribution is 2.35. The minimum atomic E-state index is -0.392. The van der Waals surface area contributed by atoms with E-state index >= 15 is 0 Å². The molecule has 120 valence electrons. The minimum absolute atomic E-state index is 0.237. The van der Waals surface area contributed by atoms with Crippen LogP contribution in [-0.4, -0.2) is 19.2 Å². The number of hydrogen-bond acceptors (Lipinski definition) is 3. The Morgan fingerprint density at radius 2 is 2.09 bits per heavy atom. The van der Waals surface area contributed by atoms with Gasteiger partial charge in [-0.3, -0.25) is 0 Å². The Kier molecular flexibility index (Phi) is 5.18. The summed E-state index contributed by atoms with van der Waals surface area (Å²) in [5.74, 6) is 1.13. The predicted molar refractivity (Wildman–Crippen MR) is 91.6 cm³/mol. The summed E-state index contributed by atoms with van der Waals surface area (Å²) in [6.07, 6.45) is 0.486. The number of alkyl carbamates (subject to hydrolysis) is 1. The molecule has 4 nitrogen and oxygen atoms in total. The number of hydrogen-bond donors (Lipinski definition) is 1. The molecule has 1 aliphatic heterocycles. The van der Waals surface area contributed by atoms with Crippen molar-refractivity contribution in [1.29, 1.82) is 0 Å². The van der Waals surface area contributed by atoms with Gasteiger partial charge in [0.05, 0.1) is 6.61 Å². The zero-order valence-corrected chi connectivity index (χ0v) is 14.2. The number of nitrogens with one attached hydrogen (secondary N) is 1. The monoisotopic (exact) mass is 375 g/mol. The Balaban J connectivity index is 1.53. The van der Waals surface area contributed by atoms with Gasteiger partial charge in [-0.15, -0.1) is 0 Å². The van der Waals surface area contributed by atoms with Gasteiger partial charge in [0.1, 0.15) is 12.4 Å². The van der Waals surface area contributed by atoms with E-state index in [1.54, 1.807) is 0 Å². The molecule has 3 rings (SSSR count). The van der Waals surface area contributed by atoms with Crippen LogP contribution in [0.25, 0.3) is 0 Å². The van der Waals surface area contributed by atoms with Gasteiger partial charge in [0.2, 0.25) is 0 Å². The number of carbonyl (C=O) groups is 1. The lowest BCUT2D eigenvalue weighted by atomic mass is 9.93. The van der Waals surface area contributed by atoms with E-state index in [0.717, 1.165) is 27.8 Å². The number of rotatable bonds is 4. The SMILES string of the molecule is O=C(NCC1CCOc2ccc(Br)cc21)OCc1ccccc1. The van der Waals surface area contributed by atoms with Crippen molar-refractivity contribution in [3.05, 3.63) is 64.1 Å². The topological polar surface area (TPSA) is 47.6 Å². The first-order valence-electron chi connectivity index (χ1n) is 7.59. The second-order valence-electron chi connectivity index (χ2n) is 5.46. The number of amides is 1. The Hall–Kier alpha value is -2.01. The molecule has 2 aromatic rings. The molecular weight excluding hydrogens is 358 g/mol. The number of benzene rings is 2. The third-order valence-corrected chi connectivity index (χ3v) is 4.33. The summed E-state index contributed by atoms with van der Waals surface area (Å²) in [4.78, 5) is 11.9. The van der Waals surface area contributed by atoms with Crippen LogP contribution >= 0.6 is 15.9 Å². The van der Waals surface area contributed by atoms with Crippen LogP contribution in [0.3, 0.4) is 0 Å². The van der Waals surface area contributed by atoms with E-state index in [4.69, 9.17) is 9.47 Å².